The van der Waals surface area contributed by atoms with Crippen LogP contribution in [0.5, 0.6) is 11.5 Å². The highest BCUT2D eigenvalue weighted by atomic mass is 16.3. The van der Waals surface area contributed by atoms with Crippen LogP contribution in [0.2, 0.25) is 0 Å². The van der Waals surface area contributed by atoms with Crippen molar-refractivity contribution in [2.45, 2.75) is 19.9 Å². The summed E-state index contributed by atoms with van der Waals surface area (Å²) in [7, 11) is 0. The fourth-order valence-corrected chi connectivity index (χ4v) is 2.00. The summed E-state index contributed by atoms with van der Waals surface area (Å²) >= 11 is 0. The number of amides is 1. The molecule has 0 saturated heterocycles. The minimum absolute atomic E-state index is 0.0757. The quantitative estimate of drug-likeness (QED) is 0.734. The maximum atomic E-state index is 12.0. The van der Waals surface area contributed by atoms with Crippen LogP contribution in [0, 0.1) is 5.92 Å². The Labute approximate surface area is 123 Å². The van der Waals surface area contributed by atoms with E-state index in [4.69, 9.17) is 0 Å². The van der Waals surface area contributed by atoms with Gasteiger partial charge in [0.15, 0.2) is 11.5 Å². The summed E-state index contributed by atoms with van der Waals surface area (Å²) in [6.45, 7) is 2.21. The number of rotatable bonds is 5. The predicted octanol–water partition coefficient (Wildman–Crippen LogP) is 1.99. The number of carbonyl (C=O) groups excluding carboxylic acids is 1. The zero-order valence-corrected chi connectivity index (χ0v) is 11.8. The van der Waals surface area contributed by atoms with Crippen molar-refractivity contribution in [2.24, 2.45) is 5.92 Å². The number of hydrogen-bond donors (Lipinski definition) is 3. The Morgan fingerprint density at radius 2 is 2.05 bits per heavy atom. The van der Waals surface area contributed by atoms with Gasteiger partial charge in [-0.25, -0.2) is 0 Å². The van der Waals surface area contributed by atoms with Crippen LogP contribution >= 0.6 is 0 Å². The van der Waals surface area contributed by atoms with Crippen LogP contribution in [0.25, 0.3) is 0 Å². The Morgan fingerprint density at radius 1 is 1.24 bits per heavy atom. The molecule has 1 atom stereocenters. The van der Waals surface area contributed by atoms with Crippen molar-refractivity contribution >= 4 is 5.91 Å². The lowest BCUT2D eigenvalue weighted by Gasteiger charge is -2.12. The molecule has 5 nitrogen and oxygen atoms in total. The number of benzene rings is 1. The molecule has 0 aliphatic rings. The Bertz CT molecular complexity index is 614. The molecule has 0 radical (unpaired) electrons. The van der Waals surface area contributed by atoms with Gasteiger partial charge in [0.2, 0.25) is 5.91 Å². The molecule has 1 aromatic heterocycles. The van der Waals surface area contributed by atoms with Crippen molar-refractivity contribution in [3.05, 3.63) is 53.9 Å². The largest absolute Gasteiger partial charge is 0.504 e. The summed E-state index contributed by atoms with van der Waals surface area (Å²) in [6, 6.07) is 10.1. The Morgan fingerprint density at radius 3 is 2.71 bits per heavy atom. The molecule has 2 rings (SSSR count). The first-order chi connectivity index (χ1) is 10.1. The number of phenols is 2. The predicted molar refractivity (Wildman–Crippen MR) is 78.7 cm³/mol. The van der Waals surface area contributed by atoms with Gasteiger partial charge < -0.3 is 15.5 Å². The van der Waals surface area contributed by atoms with Gasteiger partial charge in [-0.05, 0) is 36.2 Å². The monoisotopic (exact) mass is 286 g/mol. The zero-order chi connectivity index (χ0) is 15.2. The third-order valence-electron chi connectivity index (χ3n) is 3.20. The topological polar surface area (TPSA) is 82.5 Å². The molecule has 110 valence electrons. The van der Waals surface area contributed by atoms with Crippen LogP contribution in [0.4, 0.5) is 0 Å². The lowest BCUT2D eigenvalue weighted by Crippen LogP contribution is -2.30. The zero-order valence-electron chi connectivity index (χ0n) is 11.8. The molecule has 5 heteroatoms. The smallest absolute Gasteiger partial charge is 0.223 e. The van der Waals surface area contributed by atoms with E-state index in [0.717, 1.165) is 11.3 Å². The van der Waals surface area contributed by atoms with Crippen LogP contribution in [0.15, 0.2) is 42.6 Å². The van der Waals surface area contributed by atoms with Gasteiger partial charge in [-0.1, -0.05) is 19.1 Å². The molecule has 2 aromatic rings. The molecule has 0 fully saturated rings. The third-order valence-corrected chi connectivity index (χ3v) is 3.20. The van der Waals surface area contributed by atoms with E-state index in [1.165, 1.54) is 12.1 Å². The van der Waals surface area contributed by atoms with Gasteiger partial charge in [-0.3, -0.25) is 9.78 Å². The van der Waals surface area contributed by atoms with Crippen molar-refractivity contribution in [1.29, 1.82) is 0 Å². The van der Waals surface area contributed by atoms with E-state index in [0.29, 0.717) is 13.0 Å². The number of pyridine rings is 1. The van der Waals surface area contributed by atoms with Gasteiger partial charge in [-0.2, -0.15) is 0 Å². The summed E-state index contributed by atoms with van der Waals surface area (Å²) in [5, 5.41) is 21.5. The van der Waals surface area contributed by atoms with Crippen LogP contribution in [-0.2, 0) is 17.8 Å². The van der Waals surface area contributed by atoms with Gasteiger partial charge in [0.1, 0.15) is 0 Å². The number of nitrogens with zero attached hydrogens (tertiary/aromatic N) is 1. The second-order valence-electron chi connectivity index (χ2n) is 4.97. The molecule has 3 N–H and O–H groups in total. The van der Waals surface area contributed by atoms with E-state index in [9.17, 15) is 15.0 Å². The molecule has 1 unspecified atom stereocenters. The lowest BCUT2D eigenvalue weighted by atomic mass is 10.00. The summed E-state index contributed by atoms with van der Waals surface area (Å²) < 4.78 is 0. The number of nitrogens with one attached hydrogen (secondary N) is 1. The first kappa shape index (κ1) is 14.8. The van der Waals surface area contributed by atoms with Gasteiger partial charge >= 0.3 is 0 Å². The maximum absolute atomic E-state index is 12.0. The van der Waals surface area contributed by atoms with Crippen LogP contribution in [0.3, 0.4) is 0 Å². The molecular formula is C16H18N2O3. The van der Waals surface area contributed by atoms with Gasteiger partial charge in [0.25, 0.3) is 0 Å². The Kier molecular flexibility index (Phi) is 4.77. The number of aromatic hydroxyl groups is 2. The highest BCUT2D eigenvalue weighted by Crippen LogP contribution is 2.26. The van der Waals surface area contributed by atoms with Gasteiger partial charge in [-0.15, -0.1) is 0 Å². The lowest BCUT2D eigenvalue weighted by molar-refractivity contribution is -0.124. The van der Waals surface area contributed by atoms with E-state index in [2.05, 4.69) is 10.3 Å². The molecule has 1 heterocycles. The first-order valence-electron chi connectivity index (χ1n) is 6.74. The number of hydrogen-bond acceptors (Lipinski definition) is 4. The van der Waals surface area contributed by atoms with Gasteiger partial charge in [0.05, 0.1) is 12.2 Å². The molecule has 0 aliphatic heterocycles. The number of carbonyl (C=O) groups is 1. The highest BCUT2D eigenvalue weighted by molar-refractivity contribution is 5.78. The fraction of sp³-hybridized carbons (Fsp3) is 0.250. The standard InChI is InChI=1S/C16H18N2O3/c1-11(8-12-5-6-14(19)15(20)9-12)16(21)18-10-13-4-2-3-7-17-13/h2-7,9,11,19-20H,8,10H2,1H3,(H,18,21). The first-order valence-corrected chi connectivity index (χ1v) is 6.74. The van der Waals surface area contributed by atoms with Gasteiger partial charge in [0, 0.05) is 12.1 Å². The average molecular weight is 286 g/mol. The van der Waals surface area contributed by atoms with Crippen LogP contribution in [-0.4, -0.2) is 21.1 Å². The molecule has 1 amide bonds. The summed E-state index contributed by atoms with van der Waals surface area (Å²) in [6.07, 6.45) is 2.17. The van der Waals surface area contributed by atoms with Crippen molar-refractivity contribution in [2.75, 3.05) is 0 Å². The maximum Gasteiger partial charge on any atom is 0.223 e. The Hall–Kier alpha value is -2.56. The molecule has 0 bridgehead atoms. The van der Waals surface area contributed by atoms with Crippen molar-refractivity contribution in [3.63, 3.8) is 0 Å². The highest BCUT2D eigenvalue weighted by Gasteiger charge is 2.14. The van der Waals surface area contributed by atoms with Crippen LogP contribution < -0.4 is 5.32 Å². The second-order valence-corrected chi connectivity index (χ2v) is 4.97. The number of phenolic OH excluding ortho intramolecular Hbond substituents is 2. The van der Waals surface area contributed by atoms with Crippen molar-refractivity contribution < 1.29 is 15.0 Å². The summed E-state index contributed by atoms with van der Waals surface area (Å²) in [5.41, 5.74) is 1.60. The summed E-state index contributed by atoms with van der Waals surface area (Å²) in [4.78, 5) is 16.2. The van der Waals surface area contributed by atoms with Crippen molar-refractivity contribution in [3.8, 4) is 11.5 Å². The van der Waals surface area contributed by atoms with E-state index in [1.807, 2.05) is 25.1 Å². The van der Waals surface area contributed by atoms with Crippen LogP contribution in [0.1, 0.15) is 18.2 Å². The fourth-order valence-electron chi connectivity index (χ4n) is 2.00. The van der Waals surface area contributed by atoms with Crippen molar-refractivity contribution in [1.82, 2.24) is 10.3 Å². The second kappa shape index (κ2) is 6.74. The van der Waals surface area contributed by atoms with E-state index < -0.39 is 0 Å². The normalized spacial score (nSPS) is 11.9. The Balaban J connectivity index is 1.88. The molecule has 1 aromatic carbocycles. The van der Waals surface area contributed by atoms with E-state index in [1.54, 1.807) is 12.3 Å². The molecule has 21 heavy (non-hydrogen) atoms. The molecular weight excluding hydrogens is 268 g/mol. The minimum Gasteiger partial charge on any atom is -0.504 e. The number of aromatic nitrogens is 1. The average Bonchev–Trinajstić information content (AvgIpc) is 2.49. The van der Waals surface area contributed by atoms with E-state index in [-0.39, 0.29) is 23.3 Å². The third kappa shape index (κ3) is 4.21. The molecule has 0 spiro atoms. The molecule has 0 aliphatic carbocycles. The van der Waals surface area contributed by atoms with E-state index >= 15 is 0 Å². The minimum atomic E-state index is -0.238. The SMILES string of the molecule is CC(Cc1ccc(O)c(O)c1)C(=O)NCc1ccccn1. The molecule has 0 saturated carbocycles. The summed E-state index contributed by atoms with van der Waals surface area (Å²) in [5.74, 6) is -0.648.